The summed E-state index contributed by atoms with van der Waals surface area (Å²) in [6, 6.07) is 12.3. The molecule has 0 bridgehead atoms. The highest BCUT2D eigenvalue weighted by Gasteiger charge is 2.32. The molecule has 0 spiro atoms. The number of hydrogen-bond acceptors (Lipinski definition) is 3. The number of H-pyrrole nitrogens is 1. The molecule has 5 heteroatoms. The summed E-state index contributed by atoms with van der Waals surface area (Å²) in [5.74, 6) is 0.173. The molecular weight excluding hydrogens is 300 g/mol. The first kappa shape index (κ1) is 13.2. The van der Waals surface area contributed by atoms with Crippen molar-refractivity contribution in [3.8, 4) is 11.3 Å². The van der Waals surface area contributed by atoms with Crippen molar-refractivity contribution < 1.29 is 0 Å². The first-order valence-corrected chi connectivity index (χ1v) is 7.90. The third-order valence-corrected chi connectivity index (χ3v) is 4.72. The van der Waals surface area contributed by atoms with E-state index < -0.39 is 0 Å². The monoisotopic (exact) mass is 314 g/mol. The van der Waals surface area contributed by atoms with E-state index in [1.165, 1.54) is 11.1 Å². The van der Waals surface area contributed by atoms with E-state index in [1.807, 2.05) is 47.3 Å². The number of nitrogens with zero attached hydrogens (tertiary/aromatic N) is 3. The molecule has 1 aliphatic rings. The predicted molar refractivity (Wildman–Crippen MR) is 91.0 cm³/mol. The van der Waals surface area contributed by atoms with Crippen molar-refractivity contribution in [2.24, 2.45) is 0 Å². The second-order valence-corrected chi connectivity index (χ2v) is 6.03. The molecule has 4 aromatic rings. The molecule has 1 atom stereocenters. The first-order chi connectivity index (χ1) is 11.8. The lowest BCUT2D eigenvalue weighted by atomic mass is 9.93. The summed E-state index contributed by atoms with van der Waals surface area (Å²) in [5, 5.41) is 0. The van der Waals surface area contributed by atoms with Crippen LogP contribution in [0.2, 0.25) is 0 Å². The lowest BCUT2D eigenvalue weighted by Gasteiger charge is -2.14. The van der Waals surface area contributed by atoms with Crippen LogP contribution in [0.25, 0.3) is 16.9 Å². The Labute approximate surface area is 137 Å². The van der Waals surface area contributed by atoms with Gasteiger partial charge in [-0.3, -0.25) is 14.2 Å². The van der Waals surface area contributed by atoms with Gasteiger partial charge in [0.2, 0.25) is 5.65 Å². The largest absolute Gasteiger partial charge is 0.317 e. The maximum absolute atomic E-state index is 12.3. The van der Waals surface area contributed by atoms with Gasteiger partial charge in [0.15, 0.2) is 0 Å². The Hall–Kier alpha value is -3.21. The molecule has 116 valence electrons. The second kappa shape index (κ2) is 4.89. The van der Waals surface area contributed by atoms with Gasteiger partial charge in [-0.05, 0) is 29.7 Å². The Balaban J connectivity index is 1.79. The zero-order valence-electron chi connectivity index (χ0n) is 12.8. The van der Waals surface area contributed by atoms with Gasteiger partial charge in [-0.25, -0.2) is 4.98 Å². The third-order valence-electron chi connectivity index (χ3n) is 4.72. The van der Waals surface area contributed by atoms with Gasteiger partial charge in [-0.15, -0.1) is 0 Å². The Morgan fingerprint density at radius 2 is 1.92 bits per heavy atom. The fourth-order valence-electron chi connectivity index (χ4n) is 3.70. The van der Waals surface area contributed by atoms with Crippen molar-refractivity contribution in [1.82, 2.24) is 19.4 Å². The average molecular weight is 314 g/mol. The number of nitrogens with one attached hydrogen (secondary N) is 1. The molecule has 0 aliphatic heterocycles. The van der Waals surface area contributed by atoms with Crippen molar-refractivity contribution in [3.05, 3.63) is 88.4 Å². The Morgan fingerprint density at radius 3 is 2.79 bits per heavy atom. The van der Waals surface area contributed by atoms with Gasteiger partial charge < -0.3 is 4.98 Å². The summed E-state index contributed by atoms with van der Waals surface area (Å²) < 4.78 is 1.93. The van der Waals surface area contributed by atoms with Crippen LogP contribution in [0.3, 0.4) is 0 Å². The minimum Gasteiger partial charge on any atom is -0.317 e. The van der Waals surface area contributed by atoms with Crippen LogP contribution in [-0.4, -0.2) is 19.4 Å². The van der Waals surface area contributed by atoms with E-state index in [2.05, 4.69) is 27.1 Å². The summed E-state index contributed by atoms with van der Waals surface area (Å²) >= 11 is 0. The topological polar surface area (TPSA) is 63.0 Å². The molecule has 1 N–H and O–H groups in total. The standard InChI is InChI=1S/C19H14N4O/c24-19-18-21-9-10-23(18)17-15(11-12-5-7-20-8-6-12)13-3-1-2-4-14(13)16(17)22-19/h1-10,15H,11H2,(H,22,24). The Morgan fingerprint density at radius 1 is 1.08 bits per heavy atom. The zero-order chi connectivity index (χ0) is 16.1. The van der Waals surface area contributed by atoms with Gasteiger partial charge in [-0.2, -0.15) is 0 Å². The molecule has 0 saturated heterocycles. The lowest BCUT2D eigenvalue weighted by molar-refractivity contribution is 0.774. The third kappa shape index (κ3) is 1.78. The predicted octanol–water partition coefficient (Wildman–Crippen LogP) is 2.77. The van der Waals surface area contributed by atoms with Crippen LogP contribution in [0.4, 0.5) is 0 Å². The molecule has 0 saturated carbocycles. The maximum Gasteiger partial charge on any atom is 0.292 e. The molecule has 0 amide bonds. The van der Waals surface area contributed by atoms with Gasteiger partial charge in [0.1, 0.15) is 0 Å². The van der Waals surface area contributed by atoms with E-state index in [9.17, 15) is 4.79 Å². The molecule has 5 rings (SSSR count). The quantitative estimate of drug-likeness (QED) is 0.619. The normalized spacial score (nSPS) is 15.4. The summed E-state index contributed by atoms with van der Waals surface area (Å²) in [4.78, 5) is 23.7. The van der Waals surface area contributed by atoms with E-state index in [1.54, 1.807) is 6.20 Å². The summed E-state index contributed by atoms with van der Waals surface area (Å²) in [7, 11) is 0. The average Bonchev–Trinajstić information content (AvgIpc) is 3.21. The summed E-state index contributed by atoms with van der Waals surface area (Å²) in [6.07, 6.45) is 8.03. The first-order valence-electron chi connectivity index (χ1n) is 7.90. The van der Waals surface area contributed by atoms with Crippen LogP contribution in [0.15, 0.2) is 66.0 Å². The maximum atomic E-state index is 12.3. The van der Waals surface area contributed by atoms with Crippen molar-refractivity contribution in [2.45, 2.75) is 12.3 Å². The van der Waals surface area contributed by atoms with E-state index in [-0.39, 0.29) is 11.5 Å². The van der Waals surface area contributed by atoms with Crippen LogP contribution in [0, 0.1) is 0 Å². The van der Waals surface area contributed by atoms with Gasteiger partial charge >= 0.3 is 0 Å². The van der Waals surface area contributed by atoms with Crippen molar-refractivity contribution >= 4 is 5.65 Å². The fourth-order valence-corrected chi connectivity index (χ4v) is 3.70. The van der Waals surface area contributed by atoms with Gasteiger partial charge in [0.25, 0.3) is 5.56 Å². The van der Waals surface area contributed by atoms with Crippen LogP contribution in [-0.2, 0) is 6.42 Å². The fraction of sp³-hybridized carbons (Fsp3) is 0.105. The summed E-state index contributed by atoms with van der Waals surface area (Å²) in [6.45, 7) is 0. The van der Waals surface area contributed by atoms with Crippen molar-refractivity contribution in [1.29, 1.82) is 0 Å². The minimum absolute atomic E-state index is 0.155. The number of imidazole rings is 1. The van der Waals surface area contributed by atoms with Crippen molar-refractivity contribution in [3.63, 3.8) is 0 Å². The van der Waals surface area contributed by atoms with E-state index in [4.69, 9.17) is 0 Å². The lowest BCUT2D eigenvalue weighted by Crippen LogP contribution is -2.15. The van der Waals surface area contributed by atoms with Gasteiger partial charge in [0, 0.05) is 36.3 Å². The smallest absolute Gasteiger partial charge is 0.292 e. The SMILES string of the molecule is O=c1[nH]c2c(n3ccnc13)C(Cc1ccncc1)c1ccccc1-2. The molecule has 24 heavy (non-hydrogen) atoms. The number of benzene rings is 1. The number of rotatable bonds is 2. The molecule has 3 heterocycles. The highest BCUT2D eigenvalue weighted by molar-refractivity contribution is 5.75. The number of aromatic nitrogens is 4. The van der Waals surface area contributed by atoms with Gasteiger partial charge in [-0.1, -0.05) is 24.3 Å². The highest BCUT2D eigenvalue weighted by atomic mass is 16.1. The zero-order valence-corrected chi connectivity index (χ0v) is 12.8. The van der Waals surface area contributed by atoms with E-state index >= 15 is 0 Å². The van der Waals surface area contributed by atoms with E-state index in [0.717, 1.165) is 23.4 Å². The minimum atomic E-state index is -0.155. The van der Waals surface area contributed by atoms with Crippen LogP contribution < -0.4 is 5.56 Å². The second-order valence-electron chi connectivity index (χ2n) is 6.03. The molecule has 1 aromatic carbocycles. The number of fused-ring (bicyclic) bond motifs is 5. The van der Waals surface area contributed by atoms with Crippen molar-refractivity contribution in [2.75, 3.05) is 0 Å². The molecule has 5 nitrogen and oxygen atoms in total. The number of aromatic amines is 1. The van der Waals surface area contributed by atoms with Crippen LogP contribution in [0.1, 0.15) is 22.7 Å². The van der Waals surface area contributed by atoms with Gasteiger partial charge in [0.05, 0.1) is 11.4 Å². The highest BCUT2D eigenvalue weighted by Crippen LogP contribution is 2.44. The molecular formula is C19H14N4O. The molecule has 1 aliphatic carbocycles. The summed E-state index contributed by atoms with van der Waals surface area (Å²) in [5.41, 5.74) is 5.84. The molecule has 0 radical (unpaired) electrons. The number of pyridine rings is 1. The molecule has 3 aromatic heterocycles. The van der Waals surface area contributed by atoms with E-state index in [0.29, 0.717) is 5.65 Å². The Bertz CT molecular complexity index is 1110. The van der Waals surface area contributed by atoms with Crippen LogP contribution in [0.5, 0.6) is 0 Å². The Kier molecular flexibility index (Phi) is 2.70. The molecule has 1 unspecified atom stereocenters. The number of hydrogen-bond donors (Lipinski definition) is 1. The van der Waals surface area contributed by atoms with Crippen LogP contribution >= 0.6 is 0 Å². The molecule has 0 fully saturated rings.